The van der Waals surface area contributed by atoms with Gasteiger partial charge in [-0.15, -0.1) is 0 Å². The summed E-state index contributed by atoms with van der Waals surface area (Å²) in [5.74, 6) is -0.564. The van der Waals surface area contributed by atoms with E-state index in [9.17, 15) is 29.6 Å². The number of non-ortho nitro benzene ring substituents is 1. The largest absolute Gasteiger partial charge is 0.514 e. The lowest BCUT2D eigenvalue weighted by molar-refractivity contribution is -0.384. The topological polar surface area (TPSA) is 215 Å². The van der Waals surface area contributed by atoms with Crippen molar-refractivity contribution in [2.45, 2.75) is 45.7 Å². The van der Waals surface area contributed by atoms with Gasteiger partial charge in [-0.25, -0.2) is 9.59 Å². The van der Waals surface area contributed by atoms with E-state index in [4.69, 9.17) is 33.2 Å². The highest BCUT2D eigenvalue weighted by atomic mass is 16.7. The van der Waals surface area contributed by atoms with Gasteiger partial charge in [-0.05, 0) is 42.7 Å². The van der Waals surface area contributed by atoms with Crippen LogP contribution in [0.3, 0.4) is 0 Å². The fraction of sp³-hybridized carbons (Fsp3) is 0.531. The summed E-state index contributed by atoms with van der Waals surface area (Å²) in [4.78, 5) is 47.2. The number of methoxy groups -OCH3 is 1. The van der Waals surface area contributed by atoms with E-state index in [0.717, 1.165) is 0 Å². The number of nitrogens with one attached hydrogen (secondary N) is 3. The average molecular weight is 695 g/mol. The molecule has 0 radical (unpaired) electrons. The normalized spacial score (nSPS) is 12.9. The third-order valence-corrected chi connectivity index (χ3v) is 6.62. The lowest BCUT2D eigenvalue weighted by Crippen LogP contribution is -2.56. The second-order valence-electron chi connectivity index (χ2n) is 10.8. The van der Waals surface area contributed by atoms with Crippen LogP contribution in [0.4, 0.5) is 21.0 Å². The van der Waals surface area contributed by atoms with Crippen LogP contribution < -0.4 is 20.7 Å². The van der Waals surface area contributed by atoms with Crippen molar-refractivity contribution >= 4 is 29.5 Å². The first-order chi connectivity index (χ1) is 23.5. The molecule has 0 saturated carbocycles. The van der Waals surface area contributed by atoms with Crippen LogP contribution >= 0.6 is 0 Å². The number of nitrogens with zero attached hydrogens (tertiary/aromatic N) is 1. The van der Waals surface area contributed by atoms with E-state index in [1.807, 2.05) is 0 Å². The molecule has 0 aliphatic carbocycles. The van der Waals surface area contributed by atoms with E-state index in [0.29, 0.717) is 50.9 Å². The Morgan fingerprint density at radius 3 is 1.94 bits per heavy atom. The molecule has 2 rings (SSSR count). The van der Waals surface area contributed by atoms with Crippen molar-refractivity contribution in [2.24, 2.45) is 5.92 Å². The number of rotatable bonds is 23. The Labute approximate surface area is 284 Å². The Hall–Kier alpha value is -4.39. The lowest BCUT2D eigenvalue weighted by atomic mass is 10.0. The van der Waals surface area contributed by atoms with Crippen LogP contribution in [0.25, 0.3) is 0 Å². The fourth-order valence-electron chi connectivity index (χ4n) is 3.94. The molecule has 2 aromatic carbocycles. The van der Waals surface area contributed by atoms with Gasteiger partial charge in [0.15, 0.2) is 0 Å². The zero-order valence-electron chi connectivity index (χ0n) is 28.1. The summed E-state index contributed by atoms with van der Waals surface area (Å²) in [5.41, 5.74) is 0.916. The Balaban J connectivity index is 1.67. The molecule has 0 spiro atoms. The summed E-state index contributed by atoms with van der Waals surface area (Å²) in [6.45, 7) is 7.80. The number of alkyl carbamates (subject to hydrolysis) is 1. The van der Waals surface area contributed by atoms with E-state index in [1.54, 1.807) is 52.1 Å². The highest BCUT2D eigenvalue weighted by molar-refractivity contribution is 5.94. The molecule has 0 bridgehead atoms. The maximum atomic E-state index is 12.8. The monoisotopic (exact) mass is 694 g/mol. The number of hydrogen-bond acceptors (Lipinski definition) is 14. The van der Waals surface area contributed by atoms with Gasteiger partial charge in [-0.2, -0.15) is 0 Å². The first kappa shape index (κ1) is 40.8. The smallest absolute Gasteiger partial charge is 0.447 e. The summed E-state index contributed by atoms with van der Waals surface area (Å²) < 4.78 is 36.1. The van der Waals surface area contributed by atoms with Gasteiger partial charge in [-0.3, -0.25) is 20.2 Å². The minimum absolute atomic E-state index is 0.00368. The van der Waals surface area contributed by atoms with Gasteiger partial charge in [0.25, 0.3) is 5.69 Å². The number of amides is 2. The Bertz CT molecular complexity index is 1280. The molecule has 0 fully saturated rings. The van der Waals surface area contributed by atoms with Crippen LogP contribution in [0.1, 0.15) is 26.3 Å². The number of hydrogen-bond donors (Lipinski definition) is 4. The summed E-state index contributed by atoms with van der Waals surface area (Å²) >= 11 is 0. The minimum atomic E-state index is -1.27. The second-order valence-corrected chi connectivity index (χ2v) is 10.8. The summed E-state index contributed by atoms with van der Waals surface area (Å²) in [5, 5.41) is 29.6. The summed E-state index contributed by atoms with van der Waals surface area (Å²) in [6, 6.07) is 9.82. The molecular formula is C32H46N4O13. The predicted octanol–water partition coefficient (Wildman–Crippen LogP) is 2.99. The molecule has 2 amide bonds. The van der Waals surface area contributed by atoms with Gasteiger partial charge in [0.2, 0.25) is 5.91 Å². The minimum Gasteiger partial charge on any atom is -0.447 e. The Kier molecular flexibility index (Phi) is 19.2. The number of nitro groups is 1. The molecule has 0 saturated heterocycles. The molecule has 0 aliphatic heterocycles. The molecule has 17 nitrogen and oxygen atoms in total. The van der Waals surface area contributed by atoms with Crippen LogP contribution in [0.2, 0.25) is 0 Å². The van der Waals surface area contributed by atoms with Crippen molar-refractivity contribution in [3.05, 3.63) is 64.2 Å². The van der Waals surface area contributed by atoms with Gasteiger partial charge < -0.3 is 48.9 Å². The van der Waals surface area contributed by atoms with Crippen molar-refractivity contribution < 1.29 is 57.6 Å². The van der Waals surface area contributed by atoms with Crippen LogP contribution in [-0.4, -0.2) is 106 Å². The highest BCUT2D eigenvalue weighted by Gasteiger charge is 2.28. The first-order valence-corrected chi connectivity index (χ1v) is 15.6. The number of carbonyl (C=O) groups is 3. The average Bonchev–Trinajstić information content (AvgIpc) is 3.07. The Morgan fingerprint density at radius 1 is 0.816 bits per heavy atom. The molecule has 0 aromatic heterocycles. The Morgan fingerprint density at radius 2 is 1.39 bits per heavy atom. The molecule has 49 heavy (non-hydrogen) atoms. The third kappa shape index (κ3) is 17.0. The predicted molar refractivity (Wildman–Crippen MR) is 175 cm³/mol. The van der Waals surface area contributed by atoms with Gasteiger partial charge in [0, 0.05) is 24.9 Å². The molecule has 1 unspecified atom stereocenters. The SMILES string of the molecule is COCCOCCOCCOCCOC(=O)N[C@@H](C(C)C)C(O)N[C@@H](C)C(=O)Nc1ccc(COC(=O)Oc2ccc([N+](=O)[O-])cc2)cc1. The number of aliphatic hydroxyl groups excluding tert-OH is 1. The standard InChI is InChI=1S/C32H46N4O13/c1-22(2)28(35-31(39)47-20-19-46-18-17-45-16-15-44-14-13-43-4)30(38)33-23(3)29(37)34-25-7-5-24(6-8-25)21-48-32(40)49-27-11-9-26(10-12-27)36(41)42/h5-12,22-23,28,30,33,38H,13-21H2,1-4H3,(H,34,37)(H,35,39)/t23-,28-,30?/m0/s1. The molecule has 2 aromatic rings. The zero-order valence-corrected chi connectivity index (χ0v) is 28.1. The van der Waals surface area contributed by atoms with Crippen molar-refractivity contribution in [3.8, 4) is 5.75 Å². The van der Waals surface area contributed by atoms with Gasteiger partial charge in [0.1, 0.15) is 25.2 Å². The van der Waals surface area contributed by atoms with E-state index in [2.05, 4.69) is 16.0 Å². The van der Waals surface area contributed by atoms with Crippen molar-refractivity contribution in [1.82, 2.24) is 10.6 Å². The van der Waals surface area contributed by atoms with Gasteiger partial charge >= 0.3 is 12.2 Å². The number of carbonyl (C=O) groups excluding carboxylic acids is 3. The fourth-order valence-corrected chi connectivity index (χ4v) is 3.94. The van der Waals surface area contributed by atoms with Crippen molar-refractivity contribution in [2.75, 3.05) is 65.3 Å². The molecule has 17 heteroatoms. The molecule has 0 aliphatic rings. The van der Waals surface area contributed by atoms with Crippen LogP contribution in [-0.2, 0) is 39.8 Å². The van der Waals surface area contributed by atoms with Crippen LogP contribution in [0.5, 0.6) is 5.75 Å². The maximum Gasteiger partial charge on any atom is 0.514 e. The highest BCUT2D eigenvalue weighted by Crippen LogP contribution is 2.18. The van der Waals surface area contributed by atoms with E-state index in [1.165, 1.54) is 24.3 Å². The first-order valence-electron chi connectivity index (χ1n) is 15.6. The quantitative estimate of drug-likeness (QED) is 0.0329. The molecule has 3 atom stereocenters. The molecule has 0 heterocycles. The number of ether oxygens (including phenoxy) is 7. The lowest BCUT2D eigenvalue weighted by Gasteiger charge is -2.29. The maximum absolute atomic E-state index is 12.8. The third-order valence-electron chi connectivity index (χ3n) is 6.62. The van der Waals surface area contributed by atoms with Gasteiger partial charge in [0.05, 0.1) is 63.3 Å². The van der Waals surface area contributed by atoms with E-state index >= 15 is 0 Å². The zero-order chi connectivity index (χ0) is 36.0. The second kappa shape index (κ2) is 23.0. The van der Waals surface area contributed by atoms with Crippen LogP contribution in [0.15, 0.2) is 48.5 Å². The van der Waals surface area contributed by atoms with Crippen LogP contribution in [0, 0.1) is 16.0 Å². The van der Waals surface area contributed by atoms with Crippen molar-refractivity contribution in [3.63, 3.8) is 0 Å². The number of anilines is 1. The molecule has 272 valence electrons. The molecular weight excluding hydrogens is 648 g/mol. The summed E-state index contributed by atoms with van der Waals surface area (Å²) in [6.07, 6.45) is -3.01. The summed E-state index contributed by atoms with van der Waals surface area (Å²) in [7, 11) is 1.60. The molecule has 4 N–H and O–H groups in total. The number of benzene rings is 2. The van der Waals surface area contributed by atoms with Gasteiger partial charge in [-0.1, -0.05) is 26.0 Å². The van der Waals surface area contributed by atoms with E-state index in [-0.39, 0.29) is 37.2 Å². The van der Waals surface area contributed by atoms with E-state index < -0.39 is 41.4 Å². The number of aliphatic hydroxyl groups is 1. The number of nitro benzene ring substituents is 1. The van der Waals surface area contributed by atoms with Crippen molar-refractivity contribution in [1.29, 1.82) is 0 Å².